The first-order valence-electron chi connectivity index (χ1n) is 3.67. The van der Waals surface area contributed by atoms with Gasteiger partial charge in [-0.15, -0.1) is 11.8 Å². The molecule has 78 valence electrons. The summed E-state index contributed by atoms with van der Waals surface area (Å²) in [5, 5.41) is 0. The van der Waals surface area contributed by atoms with Gasteiger partial charge in [-0.3, -0.25) is 0 Å². The molecule has 0 aromatic heterocycles. The normalized spacial score (nSPS) is 11.6. The molecule has 1 rings (SSSR count). The zero-order valence-corrected chi connectivity index (χ0v) is 11.3. The molecule has 0 saturated carbocycles. The van der Waals surface area contributed by atoms with Gasteiger partial charge >= 0.3 is 0 Å². The van der Waals surface area contributed by atoms with Gasteiger partial charge in [0.2, 0.25) is 9.05 Å². The molecule has 0 atom stereocenters. The van der Waals surface area contributed by atoms with Crippen molar-refractivity contribution < 1.29 is 8.42 Å². The average Bonchev–Trinajstić information content (AvgIpc) is 2.01. The molecule has 0 aliphatic carbocycles. The van der Waals surface area contributed by atoms with Crippen molar-refractivity contribution in [2.24, 2.45) is 0 Å². The molecular weight excluding hydrogens is 308 g/mol. The Morgan fingerprint density at radius 1 is 1.50 bits per heavy atom. The Bertz CT molecular complexity index is 431. The Morgan fingerprint density at radius 2 is 2.14 bits per heavy atom. The fourth-order valence-corrected chi connectivity index (χ4v) is 3.32. The van der Waals surface area contributed by atoms with E-state index in [-0.39, 0.29) is 5.75 Å². The molecule has 0 amide bonds. The van der Waals surface area contributed by atoms with Crippen LogP contribution >= 0.6 is 38.4 Å². The van der Waals surface area contributed by atoms with E-state index in [1.54, 1.807) is 23.9 Å². The average molecular weight is 316 g/mol. The summed E-state index contributed by atoms with van der Waals surface area (Å²) in [4.78, 5) is 1.07. The monoisotopic (exact) mass is 314 g/mol. The van der Waals surface area contributed by atoms with E-state index in [0.717, 1.165) is 9.37 Å². The van der Waals surface area contributed by atoms with Gasteiger partial charge in [0.1, 0.15) is 0 Å². The van der Waals surface area contributed by atoms with Crippen molar-refractivity contribution in [3.8, 4) is 0 Å². The number of hydrogen-bond acceptors (Lipinski definition) is 3. The Hall–Kier alpha value is 0.290. The van der Waals surface area contributed by atoms with E-state index < -0.39 is 9.05 Å². The van der Waals surface area contributed by atoms with Gasteiger partial charge in [0.05, 0.1) is 5.75 Å². The Kier molecular flexibility index (Phi) is 4.30. The van der Waals surface area contributed by atoms with Crippen LogP contribution in [0.2, 0.25) is 0 Å². The standard InChI is InChI=1S/C8H8BrClO2S2/c1-13-8-3-2-6(4-7(8)9)5-14(10,11)12/h2-4H,5H2,1H3. The van der Waals surface area contributed by atoms with Crippen LogP contribution < -0.4 is 0 Å². The molecule has 0 spiro atoms. The molecule has 2 nitrogen and oxygen atoms in total. The van der Waals surface area contributed by atoms with E-state index >= 15 is 0 Å². The van der Waals surface area contributed by atoms with Crippen LogP contribution in [0.3, 0.4) is 0 Å². The maximum absolute atomic E-state index is 10.8. The molecule has 0 aliphatic rings. The molecule has 6 heteroatoms. The summed E-state index contributed by atoms with van der Waals surface area (Å²) < 4.78 is 22.5. The number of benzene rings is 1. The molecular formula is C8H8BrClO2S2. The molecule has 0 heterocycles. The van der Waals surface area contributed by atoms with Crippen molar-refractivity contribution in [1.82, 2.24) is 0 Å². The number of halogens is 2. The highest BCUT2D eigenvalue weighted by Gasteiger charge is 2.08. The largest absolute Gasteiger partial charge is 0.236 e. The summed E-state index contributed by atoms with van der Waals surface area (Å²) in [7, 11) is 1.68. The van der Waals surface area contributed by atoms with Gasteiger partial charge in [-0.1, -0.05) is 6.07 Å². The minimum Gasteiger partial charge on any atom is -0.212 e. The van der Waals surface area contributed by atoms with E-state index in [2.05, 4.69) is 15.9 Å². The van der Waals surface area contributed by atoms with Crippen LogP contribution in [0.25, 0.3) is 0 Å². The van der Waals surface area contributed by atoms with Gasteiger partial charge in [0.25, 0.3) is 0 Å². The van der Waals surface area contributed by atoms with Crippen molar-refractivity contribution in [1.29, 1.82) is 0 Å². The van der Waals surface area contributed by atoms with Gasteiger partial charge in [-0.25, -0.2) is 8.42 Å². The Labute approximate surface area is 101 Å². The SMILES string of the molecule is CSc1ccc(CS(=O)(=O)Cl)cc1Br. The van der Waals surface area contributed by atoms with Crippen LogP contribution in [-0.2, 0) is 14.8 Å². The lowest BCUT2D eigenvalue weighted by atomic mass is 10.2. The maximum Gasteiger partial charge on any atom is 0.236 e. The maximum atomic E-state index is 10.8. The first-order chi connectivity index (χ1) is 6.42. The third-order valence-corrected chi connectivity index (χ3v) is 4.28. The van der Waals surface area contributed by atoms with Gasteiger partial charge in [-0.2, -0.15) is 0 Å². The number of hydrogen-bond donors (Lipinski definition) is 0. The van der Waals surface area contributed by atoms with Crippen LogP contribution in [0.4, 0.5) is 0 Å². The van der Waals surface area contributed by atoms with Crippen molar-refractivity contribution in [3.63, 3.8) is 0 Å². The second-order valence-electron chi connectivity index (χ2n) is 2.65. The predicted octanol–water partition coefficient (Wildman–Crippen LogP) is 3.24. The highest BCUT2D eigenvalue weighted by molar-refractivity contribution is 9.10. The second kappa shape index (κ2) is 4.88. The van der Waals surface area contributed by atoms with Crippen molar-refractivity contribution in [2.75, 3.05) is 6.26 Å². The lowest BCUT2D eigenvalue weighted by Gasteiger charge is -2.03. The van der Waals surface area contributed by atoms with Crippen LogP contribution in [-0.4, -0.2) is 14.7 Å². The number of rotatable bonds is 3. The summed E-state index contributed by atoms with van der Waals surface area (Å²) in [5.41, 5.74) is 0.685. The van der Waals surface area contributed by atoms with Crippen LogP contribution in [0.5, 0.6) is 0 Å². The third kappa shape index (κ3) is 3.81. The topological polar surface area (TPSA) is 34.1 Å². The van der Waals surface area contributed by atoms with Crippen molar-refractivity contribution in [2.45, 2.75) is 10.6 Å². The van der Waals surface area contributed by atoms with E-state index in [9.17, 15) is 8.42 Å². The molecule has 0 N–H and O–H groups in total. The van der Waals surface area contributed by atoms with E-state index in [0.29, 0.717) is 5.56 Å². The molecule has 0 unspecified atom stereocenters. The van der Waals surface area contributed by atoms with Gasteiger partial charge in [0, 0.05) is 20.1 Å². The minimum atomic E-state index is -3.47. The zero-order chi connectivity index (χ0) is 10.8. The summed E-state index contributed by atoms with van der Waals surface area (Å²) in [5.74, 6) is -0.137. The molecule has 14 heavy (non-hydrogen) atoms. The first-order valence-corrected chi connectivity index (χ1v) is 8.17. The first kappa shape index (κ1) is 12.4. The molecule has 0 saturated heterocycles. The Morgan fingerprint density at radius 3 is 2.57 bits per heavy atom. The fraction of sp³-hybridized carbons (Fsp3) is 0.250. The van der Waals surface area contributed by atoms with Gasteiger partial charge in [0.15, 0.2) is 0 Å². The second-order valence-corrected chi connectivity index (χ2v) is 7.13. The zero-order valence-electron chi connectivity index (χ0n) is 7.33. The fourth-order valence-electron chi connectivity index (χ4n) is 0.999. The molecule has 1 aromatic carbocycles. The van der Waals surface area contributed by atoms with E-state index in [1.807, 2.05) is 12.3 Å². The van der Waals surface area contributed by atoms with Crippen LogP contribution in [0.1, 0.15) is 5.56 Å². The smallest absolute Gasteiger partial charge is 0.212 e. The third-order valence-electron chi connectivity index (χ3n) is 1.56. The summed E-state index contributed by atoms with van der Waals surface area (Å²) >= 11 is 4.95. The summed E-state index contributed by atoms with van der Waals surface area (Å²) in [6.45, 7) is 0. The highest BCUT2D eigenvalue weighted by Crippen LogP contribution is 2.27. The lowest BCUT2D eigenvalue weighted by Crippen LogP contribution is -1.94. The lowest BCUT2D eigenvalue weighted by molar-refractivity contribution is 0.609. The molecule has 0 aliphatic heterocycles. The quantitative estimate of drug-likeness (QED) is 0.634. The minimum absolute atomic E-state index is 0.137. The molecule has 1 aromatic rings. The van der Waals surface area contributed by atoms with E-state index in [1.165, 1.54) is 0 Å². The molecule has 0 radical (unpaired) electrons. The molecule has 0 bridgehead atoms. The summed E-state index contributed by atoms with van der Waals surface area (Å²) in [6.07, 6.45) is 1.96. The van der Waals surface area contributed by atoms with Gasteiger partial charge < -0.3 is 0 Å². The molecule has 0 fully saturated rings. The number of thioether (sulfide) groups is 1. The Balaban J connectivity index is 2.98. The van der Waals surface area contributed by atoms with Gasteiger partial charge in [-0.05, 0) is 39.9 Å². The van der Waals surface area contributed by atoms with Crippen LogP contribution in [0.15, 0.2) is 27.6 Å². The van der Waals surface area contributed by atoms with Crippen LogP contribution in [0, 0.1) is 0 Å². The van der Waals surface area contributed by atoms with Crippen molar-refractivity contribution in [3.05, 3.63) is 28.2 Å². The highest BCUT2D eigenvalue weighted by atomic mass is 79.9. The predicted molar refractivity (Wildman–Crippen MR) is 64.4 cm³/mol. The summed E-state index contributed by atoms with van der Waals surface area (Å²) in [6, 6.07) is 5.40. The van der Waals surface area contributed by atoms with E-state index in [4.69, 9.17) is 10.7 Å². The van der Waals surface area contributed by atoms with Crippen molar-refractivity contribution >= 4 is 47.4 Å².